The zero-order valence-electron chi connectivity index (χ0n) is 9.88. The van der Waals surface area contributed by atoms with Crippen LogP contribution in [0.2, 0.25) is 0 Å². The molecule has 1 aromatic carbocycles. The van der Waals surface area contributed by atoms with Gasteiger partial charge < -0.3 is 10.2 Å². The molecule has 0 fully saturated rings. The van der Waals surface area contributed by atoms with Crippen LogP contribution in [0, 0.1) is 0 Å². The van der Waals surface area contributed by atoms with Crippen LogP contribution in [0.3, 0.4) is 0 Å². The van der Waals surface area contributed by atoms with Crippen LogP contribution in [0.15, 0.2) is 18.2 Å². The molecule has 1 aromatic rings. The molecule has 0 bridgehead atoms. The SMILES string of the molecule is CCc1cccc2c1NC(C)CCN2C. The fraction of sp³-hybridized carbons (Fsp3) is 0.538. The lowest BCUT2D eigenvalue weighted by Gasteiger charge is -2.20. The van der Waals surface area contributed by atoms with Gasteiger partial charge in [0.1, 0.15) is 0 Å². The third-order valence-corrected chi connectivity index (χ3v) is 3.21. The van der Waals surface area contributed by atoms with Crippen molar-refractivity contribution in [2.75, 3.05) is 23.8 Å². The lowest BCUT2D eigenvalue weighted by Crippen LogP contribution is -2.19. The topological polar surface area (TPSA) is 15.3 Å². The summed E-state index contributed by atoms with van der Waals surface area (Å²) >= 11 is 0. The summed E-state index contributed by atoms with van der Waals surface area (Å²) in [6.07, 6.45) is 2.30. The van der Waals surface area contributed by atoms with E-state index in [0.29, 0.717) is 6.04 Å². The molecule has 0 saturated carbocycles. The molecule has 2 nitrogen and oxygen atoms in total. The number of fused-ring (bicyclic) bond motifs is 1. The average molecular weight is 204 g/mol. The number of hydrogen-bond acceptors (Lipinski definition) is 2. The third kappa shape index (κ3) is 1.94. The van der Waals surface area contributed by atoms with E-state index >= 15 is 0 Å². The van der Waals surface area contributed by atoms with Crippen molar-refractivity contribution >= 4 is 11.4 Å². The summed E-state index contributed by atoms with van der Waals surface area (Å²) in [6.45, 7) is 5.61. The zero-order valence-corrected chi connectivity index (χ0v) is 9.88. The highest BCUT2D eigenvalue weighted by Gasteiger charge is 2.17. The van der Waals surface area contributed by atoms with E-state index in [9.17, 15) is 0 Å². The Morgan fingerprint density at radius 1 is 1.47 bits per heavy atom. The Balaban J connectivity index is 2.46. The minimum atomic E-state index is 0.571. The van der Waals surface area contributed by atoms with Crippen LogP contribution in [0.25, 0.3) is 0 Å². The van der Waals surface area contributed by atoms with E-state index in [1.807, 2.05) is 0 Å². The summed E-state index contributed by atoms with van der Waals surface area (Å²) in [7, 11) is 2.18. The smallest absolute Gasteiger partial charge is 0.0612 e. The molecule has 1 aliphatic heterocycles. The second kappa shape index (κ2) is 4.13. The Labute approximate surface area is 92.3 Å². The van der Waals surface area contributed by atoms with Gasteiger partial charge in [-0.1, -0.05) is 19.1 Å². The van der Waals surface area contributed by atoms with Gasteiger partial charge >= 0.3 is 0 Å². The van der Waals surface area contributed by atoms with E-state index < -0.39 is 0 Å². The van der Waals surface area contributed by atoms with Gasteiger partial charge in [0.05, 0.1) is 11.4 Å². The van der Waals surface area contributed by atoms with Crippen molar-refractivity contribution in [3.05, 3.63) is 23.8 Å². The van der Waals surface area contributed by atoms with Gasteiger partial charge in [0, 0.05) is 19.6 Å². The number of nitrogens with zero attached hydrogens (tertiary/aromatic N) is 1. The first-order chi connectivity index (χ1) is 7.22. The molecule has 1 aliphatic rings. The zero-order chi connectivity index (χ0) is 10.8. The maximum Gasteiger partial charge on any atom is 0.0612 e. The summed E-state index contributed by atoms with van der Waals surface area (Å²) in [5.74, 6) is 0. The Hall–Kier alpha value is -1.18. The lowest BCUT2D eigenvalue weighted by atomic mass is 10.1. The van der Waals surface area contributed by atoms with E-state index in [1.165, 1.54) is 23.4 Å². The monoisotopic (exact) mass is 204 g/mol. The van der Waals surface area contributed by atoms with Crippen molar-refractivity contribution in [1.82, 2.24) is 0 Å². The first-order valence-electron chi connectivity index (χ1n) is 5.82. The van der Waals surface area contributed by atoms with Crippen molar-refractivity contribution in [2.24, 2.45) is 0 Å². The molecule has 1 unspecified atom stereocenters. The number of benzene rings is 1. The fourth-order valence-corrected chi connectivity index (χ4v) is 2.19. The summed E-state index contributed by atoms with van der Waals surface area (Å²) in [5, 5.41) is 3.63. The molecule has 0 aliphatic carbocycles. The number of rotatable bonds is 1. The van der Waals surface area contributed by atoms with Gasteiger partial charge in [0.25, 0.3) is 0 Å². The molecule has 1 N–H and O–H groups in total. The molecule has 1 heterocycles. The molecule has 2 rings (SSSR count). The average Bonchev–Trinajstić information content (AvgIpc) is 2.39. The van der Waals surface area contributed by atoms with E-state index in [0.717, 1.165) is 13.0 Å². The number of nitrogens with one attached hydrogen (secondary N) is 1. The molecule has 0 spiro atoms. The molecular weight excluding hydrogens is 184 g/mol. The van der Waals surface area contributed by atoms with E-state index in [1.54, 1.807) is 0 Å². The van der Waals surface area contributed by atoms with E-state index in [2.05, 4.69) is 49.3 Å². The van der Waals surface area contributed by atoms with E-state index in [-0.39, 0.29) is 0 Å². The summed E-state index contributed by atoms with van der Waals surface area (Å²) in [4.78, 5) is 2.35. The van der Waals surface area contributed by atoms with Crippen molar-refractivity contribution in [3.63, 3.8) is 0 Å². The van der Waals surface area contributed by atoms with Crippen LogP contribution >= 0.6 is 0 Å². The highest BCUT2D eigenvalue weighted by molar-refractivity contribution is 5.74. The van der Waals surface area contributed by atoms with Crippen LogP contribution in [0.4, 0.5) is 11.4 Å². The Bertz CT molecular complexity index is 346. The van der Waals surface area contributed by atoms with Crippen molar-refractivity contribution < 1.29 is 0 Å². The summed E-state index contributed by atoms with van der Waals surface area (Å²) in [6, 6.07) is 7.16. The van der Waals surface area contributed by atoms with Gasteiger partial charge in [-0.3, -0.25) is 0 Å². The second-order valence-electron chi connectivity index (χ2n) is 4.42. The van der Waals surface area contributed by atoms with Crippen LogP contribution in [0.1, 0.15) is 25.8 Å². The number of aryl methyl sites for hydroxylation is 1. The van der Waals surface area contributed by atoms with Gasteiger partial charge in [-0.05, 0) is 31.4 Å². The number of para-hydroxylation sites is 1. The second-order valence-corrected chi connectivity index (χ2v) is 4.42. The third-order valence-electron chi connectivity index (χ3n) is 3.21. The van der Waals surface area contributed by atoms with Crippen LogP contribution < -0.4 is 10.2 Å². The first kappa shape index (κ1) is 10.3. The highest BCUT2D eigenvalue weighted by Crippen LogP contribution is 2.32. The molecule has 0 amide bonds. The predicted octanol–water partition coefficient (Wildman–Crippen LogP) is 2.89. The molecule has 0 aromatic heterocycles. The quantitative estimate of drug-likeness (QED) is 0.756. The highest BCUT2D eigenvalue weighted by atomic mass is 15.1. The fourth-order valence-electron chi connectivity index (χ4n) is 2.19. The van der Waals surface area contributed by atoms with Gasteiger partial charge in [-0.2, -0.15) is 0 Å². The number of anilines is 2. The molecule has 2 heteroatoms. The minimum absolute atomic E-state index is 0.571. The van der Waals surface area contributed by atoms with Gasteiger partial charge in [-0.25, -0.2) is 0 Å². The van der Waals surface area contributed by atoms with Gasteiger partial charge in [-0.15, -0.1) is 0 Å². The van der Waals surface area contributed by atoms with Crippen molar-refractivity contribution in [2.45, 2.75) is 32.7 Å². The van der Waals surface area contributed by atoms with Crippen molar-refractivity contribution in [1.29, 1.82) is 0 Å². The molecular formula is C13H20N2. The van der Waals surface area contributed by atoms with Crippen molar-refractivity contribution in [3.8, 4) is 0 Å². The van der Waals surface area contributed by atoms with Gasteiger partial charge in [0.15, 0.2) is 0 Å². The van der Waals surface area contributed by atoms with Crippen LogP contribution in [0.5, 0.6) is 0 Å². The Morgan fingerprint density at radius 2 is 2.27 bits per heavy atom. The summed E-state index contributed by atoms with van der Waals surface area (Å²) < 4.78 is 0. The largest absolute Gasteiger partial charge is 0.381 e. The number of hydrogen-bond donors (Lipinski definition) is 1. The molecule has 0 saturated heterocycles. The Morgan fingerprint density at radius 3 is 3.00 bits per heavy atom. The van der Waals surface area contributed by atoms with Gasteiger partial charge in [0.2, 0.25) is 0 Å². The summed E-state index contributed by atoms with van der Waals surface area (Å²) in [5.41, 5.74) is 4.11. The first-order valence-corrected chi connectivity index (χ1v) is 5.82. The van der Waals surface area contributed by atoms with Crippen LogP contribution in [-0.4, -0.2) is 19.6 Å². The normalized spacial score (nSPS) is 20.5. The lowest BCUT2D eigenvalue weighted by molar-refractivity contribution is 0.711. The molecule has 0 radical (unpaired) electrons. The standard InChI is InChI=1S/C13H20N2/c1-4-11-6-5-7-12-13(11)14-10(2)8-9-15(12)3/h5-7,10,14H,4,8-9H2,1-3H3. The minimum Gasteiger partial charge on any atom is -0.381 e. The predicted molar refractivity (Wildman–Crippen MR) is 66.8 cm³/mol. The van der Waals surface area contributed by atoms with Crippen LogP contribution in [-0.2, 0) is 6.42 Å². The maximum atomic E-state index is 3.63. The van der Waals surface area contributed by atoms with E-state index in [4.69, 9.17) is 0 Å². The molecule has 82 valence electrons. The Kier molecular flexibility index (Phi) is 2.85. The maximum absolute atomic E-state index is 3.63. The molecule has 15 heavy (non-hydrogen) atoms. The molecule has 1 atom stereocenters.